The van der Waals surface area contributed by atoms with Crippen molar-refractivity contribution in [3.63, 3.8) is 0 Å². The second-order valence-electron chi connectivity index (χ2n) is 7.36. The van der Waals surface area contributed by atoms with Crippen LogP contribution >= 0.6 is 0 Å². The van der Waals surface area contributed by atoms with Gasteiger partial charge >= 0.3 is 0 Å². The van der Waals surface area contributed by atoms with E-state index in [9.17, 15) is 25.5 Å². The van der Waals surface area contributed by atoms with E-state index >= 15 is 0 Å². The van der Waals surface area contributed by atoms with Gasteiger partial charge in [-0.2, -0.15) is 0 Å². The zero-order chi connectivity index (χ0) is 21.1. The first kappa shape index (κ1) is 21.7. The molecule has 0 amide bonds. The normalized spacial score (nSPS) is 28.2. The third-order valence-corrected chi connectivity index (χ3v) is 5.65. The second-order valence-corrected chi connectivity index (χ2v) is 7.36. The summed E-state index contributed by atoms with van der Waals surface area (Å²) in [6, 6.07) is 13.2. The Labute approximate surface area is 169 Å². The van der Waals surface area contributed by atoms with Crippen LogP contribution in [-0.4, -0.2) is 63.7 Å². The highest BCUT2D eigenvalue weighted by molar-refractivity contribution is 5.41. The van der Waals surface area contributed by atoms with Crippen molar-refractivity contribution < 1.29 is 35.0 Å². The van der Waals surface area contributed by atoms with Crippen LogP contribution in [0.1, 0.15) is 41.2 Å². The van der Waals surface area contributed by atoms with Crippen molar-refractivity contribution in [3.8, 4) is 5.75 Å². The van der Waals surface area contributed by atoms with E-state index < -0.39 is 37.1 Å². The Kier molecular flexibility index (Phi) is 6.89. The molecule has 6 atom stereocenters. The first-order valence-corrected chi connectivity index (χ1v) is 9.59. The fourth-order valence-corrected chi connectivity index (χ4v) is 3.74. The molecule has 1 saturated heterocycles. The highest BCUT2D eigenvalue weighted by Gasteiger charge is 2.44. The lowest BCUT2D eigenvalue weighted by molar-refractivity contribution is -0.232. The second kappa shape index (κ2) is 9.21. The highest BCUT2D eigenvalue weighted by atomic mass is 16.5. The number of ether oxygens (including phenoxy) is 2. The van der Waals surface area contributed by atoms with E-state index in [0.29, 0.717) is 11.1 Å². The van der Waals surface area contributed by atoms with Crippen LogP contribution in [0.25, 0.3) is 0 Å². The van der Waals surface area contributed by atoms with Gasteiger partial charge in [-0.05, 0) is 34.4 Å². The third kappa shape index (κ3) is 4.30. The number of aliphatic hydroxyl groups is 5. The van der Waals surface area contributed by atoms with Crippen LogP contribution in [-0.2, 0) is 11.3 Å². The van der Waals surface area contributed by atoms with Crippen molar-refractivity contribution >= 4 is 0 Å². The molecule has 1 aliphatic heterocycles. The summed E-state index contributed by atoms with van der Waals surface area (Å²) in [7, 11) is 1.61. The van der Waals surface area contributed by atoms with Crippen LogP contribution in [0.4, 0.5) is 0 Å². The number of hydrogen-bond donors (Lipinski definition) is 5. The number of methoxy groups -OCH3 is 1. The first-order valence-electron chi connectivity index (χ1n) is 9.59. The average molecular weight is 404 g/mol. The smallest absolute Gasteiger partial charge is 0.118 e. The summed E-state index contributed by atoms with van der Waals surface area (Å²) in [4.78, 5) is 0. The molecule has 2 aromatic rings. The van der Waals surface area contributed by atoms with Gasteiger partial charge in [-0.25, -0.2) is 0 Å². The summed E-state index contributed by atoms with van der Waals surface area (Å²) in [5.41, 5.74) is 3.05. The summed E-state index contributed by atoms with van der Waals surface area (Å²) in [5.74, 6) is 0.774. The molecule has 7 heteroatoms. The Morgan fingerprint density at radius 1 is 0.931 bits per heavy atom. The lowest BCUT2D eigenvalue weighted by Gasteiger charge is -2.41. The summed E-state index contributed by atoms with van der Waals surface area (Å²) < 4.78 is 10.9. The van der Waals surface area contributed by atoms with Gasteiger partial charge in [0.05, 0.1) is 20.3 Å². The van der Waals surface area contributed by atoms with Gasteiger partial charge in [-0.3, -0.25) is 0 Å². The molecule has 7 nitrogen and oxygen atoms in total. The minimum absolute atomic E-state index is 0.0114. The summed E-state index contributed by atoms with van der Waals surface area (Å²) in [5, 5.41) is 49.9. The SMILES string of the molecule is COc1ccc(C(C)c2ccc(CO)c([C@@H]3O[C@H](CO)[C@@H](O)[C@H](O)[C@H]3O)c2)cc1. The molecule has 29 heavy (non-hydrogen) atoms. The summed E-state index contributed by atoms with van der Waals surface area (Å²) >= 11 is 0. The fraction of sp³-hybridized carbons (Fsp3) is 0.455. The van der Waals surface area contributed by atoms with Crippen molar-refractivity contribution in [2.24, 2.45) is 0 Å². The molecule has 1 aliphatic rings. The van der Waals surface area contributed by atoms with Gasteiger partial charge in [0.1, 0.15) is 36.3 Å². The van der Waals surface area contributed by atoms with Gasteiger partial charge in [0.2, 0.25) is 0 Å². The van der Waals surface area contributed by atoms with E-state index in [-0.39, 0.29) is 12.5 Å². The molecule has 2 aromatic carbocycles. The fourth-order valence-electron chi connectivity index (χ4n) is 3.74. The molecule has 1 heterocycles. The van der Waals surface area contributed by atoms with E-state index in [1.165, 1.54) is 0 Å². The quantitative estimate of drug-likeness (QED) is 0.484. The molecule has 3 rings (SSSR count). The molecule has 0 saturated carbocycles. The van der Waals surface area contributed by atoms with Gasteiger partial charge in [0.15, 0.2) is 0 Å². The van der Waals surface area contributed by atoms with Gasteiger partial charge in [-0.15, -0.1) is 0 Å². The van der Waals surface area contributed by atoms with Crippen LogP contribution in [0.15, 0.2) is 42.5 Å². The molecule has 0 aromatic heterocycles. The Bertz CT molecular complexity index is 805. The van der Waals surface area contributed by atoms with E-state index in [1.54, 1.807) is 13.2 Å². The maximum atomic E-state index is 10.5. The van der Waals surface area contributed by atoms with Crippen molar-refractivity contribution in [1.82, 2.24) is 0 Å². The number of aliphatic hydroxyl groups excluding tert-OH is 5. The van der Waals surface area contributed by atoms with E-state index in [4.69, 9.17) is 9.47 Å². The number of hydrogen-bond acceptors (Lipinski definition) is 7. The minimum Gasteiger partial charge on any atom is -0.497 e. The van der Waals surface area contributed by atoms with Crippen LogP contribution in [0.5, 0.6) is 5.75 Å². The van der Waals surface area contributed by atoms with Crippen molar-refractivity contribution in [2.75, 3.05) is 13.7 Å². The Hall–Kier alpha value is -2.00. The predicted octanol–water partition coefficient (Wildman–Crippen LogP) is 0.854. The Morgan fingerprint density at radius 2 is 1.59 bits per heavy atom. The van der Waals surface area contributed by atoms with E-state index in [2.05, 4.69) is 0 Å². The summed E-state index contributed by atoms with van der Waals surface area (Å²) in [6.45, 7) is 1.26. The lowest BCUT2D eigenvalue weighted by Crippen LogP contribution is -2.55. The van der Waals surface area contributed by atoms with Gasteiger partial charge in [0, 0.05) is 5.92 Å². The number of rotatable bonds is 6. The molecule has 1 unspecified atom stereocenters. The average Bonchev–Trinajstić information content (AvgIpc) is 2.77. The molecule has 0 spiro atoms. The molecule has 5 N–H and O–H groups in total. The lowest BCUT2D eigenvalue weighted by atomic mass is 9.85. The summed E-state index contributed by atoms with van der Waals surface area (Å²) in [6.07, 6.45) is -6.29. The highest BCUT2D eigenvalue weighted by Crippen LogP contribution is 2.36. The molecule has 0 aliphatic carbocycles. The Balaban J connectivity index is 1.96. The number of benzene rings is 2. The van der Waals surface area contributed by atoms with E-state index in [0.717, 1.165) is 16.9 Å². The van der Waals surface area contributed by atoms with Crippen LogP contribution in [0.3, 0.4) is 0 Å². The molecule has 0 bridgehead atoms. The zero-order valence-electron chi connectivity index (χ0n) is 16.5. The predicted molar refractivity (Wildman–Crippen MR) is 106 cm³/mol. The van der Waals surface area contributed by atoms with Crippen LogP contribution in [0, 0.1) is 0 Å². The monoisotopic (exact) mass is 404 g/mol. The molecular weight excluding hydrogens is 376 g/mol. The van der Waals surface area contributed by atoms with Crippen molar-refractivity contribution in [3.05, 3.63) is 64.7 Å². The van der Waals surface area contributed by atoms with Crippen LogP contribution < -0.4 is 4.74 Å². The third-order valence-electron chi connectivity index (χ3n) is 5.65. The largest absolute Gasteiger partial charge is 0.497 e. The topological polar surface area (TPSA) is 120 Å². The van der Waals surface area contributed by atoms with Gasteiger partial charge in [-0.1, -0.05) is 37.3 Å². The van der Waals surface area contributed by atoms with Crippen molar-refractivity contribution in [2.45, 2.75) is 50.0 Å². The molecule has 0 radical (unpaired) electrons. The van der Waals surface area contributed by atoms with Crippen LogP contribution in [0.2, 0.25) is 0 Å². The molecular formula is C22H28O7. The van der Waals surface area contributed by atoms with E-state index in [1.807, 2.05) is 43.3 Å². The molecule has 158 valence electrons. The van der Waals surface area contributed by atoms with Crippen molar-refractivity contribution in [1.29, 1.82) is 0 Å². The first-order chi connectivity index (χ1) is 13.9. The Morgan fingerprint density at radius 3 is 2.17 bits per heavy atom. The minimum atomic E-state index is -1.47. The van der Waals surface area contributed by atoms with Gasteiger partial charge in [0.25, 0.3) is 0 Å². The molecule has 1 fully saturated rings. The maximum Gasteiger partial charge on any atom is 0.118 e. The maximum absolute atomic E-state index is 10.5. The zero-order valence-corrected chi connectivity index (χ0v) is 16.5. The standard InChI is InChI=1S/C22H28O7/c1-12(13-5-7-16(28-2)8-6-13)14-3-4-15(10-23)17(9-14)22-21(27)20(26)19(25)18(11-24)29-22/h3-9,12,18-27H,10-11H2,1-2H3/t12?,18-,19-,20+,21-,22+/m1/s1. The van der Waals surface area contributed by atoms with Gasteiger partial charge < -0.3 is 35.0 Å².